The number of para-hydroxylation sites is 1. The topological polar surface area (TPSA) is 48.9 Å². The fourth-order valence-electron chi connectivity index (χ4n) is 2.31. The first-order valence-corrected chi connectivity index (χ1v) is 9.57. The van der Waals surface area contributed by atoms with E-state index < -0.39 is 0 Å². The number of aliphatic imine (C=N–C) groups is 1. The molecule has 0 saturated carbocycles. The van der Waals surface area contributed by atoms with Gasteiger partial charge in [-0.15, -0.1) is 24.0 Å². The zero-order chi connectivity index (χ0) is 19.4. The second-order valence-electron chi connectivity index (χ2n) is 6.79. The molecule has 0 saturated heterocycles. The van der Waals surface area contributed by atoms with Gasteiger partial charge < -0.3 is 20.3 Å². The molecule has 5 nitrogen and oxygen atoms in total. The number of benzene rings is 1. The quantitative estimate of drug-likeness (QED) is 0.212. The Hall–Kier alpha value is -1.09. The summed E-state index contributed by atoms with van der Waals surface area (Å²) < 4.78 is 19.2. The number of hydrogen-bond donors (Lipinski definition) is 2. The lowest BCUT2D eigenvalue weighted by molar-refractivity contribution is 0.220. The van der Waals surface area contributed by atoms with Gasteiger partial charge in [0.05, 0.1) is 6.54 Å². The molecule has 7 heteroatoms. The van der Waals surface area contributed by atoms with Gasteiger partial charge in [0.15, 0.2) is 17.5 Å². The van der Waals surface area contributed by atoms with Crippen molar-refractivity contribution in [3.63, 3.8) is 0 Å². The summed E-state index contributed by atoms with van der Waals surface area (Å²) in [6.07, 6.45) is 2.03. The first kappa shape index (κ1) is 25.9. The van der Waals surface area contributed by atoms with Crippen molar-refractivity contribution in [2.24, 2.45) is 4.99 Å². The third-order valence-electron chi connectivity index (χ3n) is 4.13. The Morgan fingerprint density at radius 1 is 1.19 bits per heavy atom. The largest absolute Gasteiger partial charge is 0.486 e. The highest BCUT2D eigenvalue weighted by Crippen LogP contribution is 2.16. The van der Waals surface area contributed by atoms with E-state index in [0.29, 0.717) is 12.6 Å². The second kappa shape index (κ2) is 14.9. The number of halogens is 2. The highest BCUT2D eigenvalue weighted by Gasteiger charge is 2.08. The van der Waals surface area contributed by atoms with Crippen LogP contribution < -0.4 is 15.4 Å². The van der Waals surface area contributed by atoms with Crippen LogP contribution >= 0.6 is 24.0 Å². The Balaban J connectivity index is 0.00000676. The zero-order valence-electron chi connectivity index (χ0n) is 17.3. The maximum atomic E-state index is 13.6. The molecule has 1 atom stereocenters. The van der Waals surface area contributed by atoms with Crippen LogP contribution in [0.2, 0.25) is 0 Å². The standard InChI is InChI=1S/C20H35FN4O.HI/c1-6-22-20(23-13-9-10-14-25(5)16(2)3)24-15-17(4)26-19-12-8-7-11-18(19)21;/h7-8,11-12,16-17H,6,9-10,13-15H2,1-5H3,(H2,22,23,24);1H. The zero-order valence-corrected chi connectivity index (χ0v) is 19.6. The highest BCUT2D eigenvalue weighted by molar-refractivity contribution is 14.0. The lowest BCUT2D eigenvalue weighted by Gasteiger charge is -2.20. The van der Waals surface area contributed by atoms with Gasteiger partial charge in [0.1, 0.15) is 6.10 Å². The van der Waals surface area contributed by atoms with Gasteiger partial charge in [-0.2, -0.15) is 0 Å². The first-order valence-electron chi connectivity index (χ1n) is 9.57. The van der Waals surface area contributed by atoms with Gasteiger partial charge in [-0.25, -0.2) is 9.38 Å². The van der Waals surface area contributed by atoms with E-state index in [1.807, 2.05) is 13.8 Å². The molecule has 0 aliphatic heterocycles. The van der Waals surface area contributed by atoms with Crippen LogP contribution in [0.4, 0.5) is 4.39 Å². The smallest absolute Gasteiger partial charge is 0.191 e. The molecule has 0 aliphatic carbocycles. The Kier molecular flexibility index (Phi) is 14.3. The Morgan fingerprint density at radius 2 is 1.89 bits per heavy atom. The summed E-state index contributed by atoms with van der Waals surface area (Å²) in [5.41, 5.74) is 0. The summed E-state index contributed by atoms with van der Waals surface area (Å²) in [7, 11) is 2.15. The van der Waals surface area contributed by atoms with Crippen molar-refractivity contribution >= 4 is 29.9 Å². The molecule has 2 N–H and O–H groups in total. The van der Waals surface area contributed by atoms with Crippen LogP contribution in [-0.2, 0) is 0 Å². The predicted molar refractivity (Wildman–Crippen MR) is 123 cm³/mol. The number of ether oxygens (including phenoxy) is 1. The van der Waals surface area contributed by atoms with Gasteiger partial charge in [-0.3, -0.25) is 0 Å². The van der Waals surface area contributed by atoms with Crippen molar-refractivity contribution in [2.75, 3.05) is 33.2 Å². The molecule has 0 fully saturated rings. The molecule has 0 amide bonds. The molecule has 1 unspecified atom stereocenters. The fraction of sp³-hybridized carbons (Fsp3) is 0.650. The van der Waals surface area contributed by atoms with Crippen molar-refractivity contribution in [2.45, 2.75) is 52.7 Å². The molecule has 0 spiro atoms. The van der Waals surface area contributed by atoms with E-state index in [2.05, 4.69) is 41.4 Å². The van der Waals surface area contributed by atoms with Crippen LogP contribution in [0, 0.1) is 5.82 Å². The van der Waals surface area contributed by atoms with E-state index in [1.54, 1.807) is 18.2 Å². The molecule has 156 valence electrons. The van der Waals surface area contributed by atoms with Crippen molar-refractivity contribution in [3.8, 4) is 5.75 Å². The summed E-state index contributed by atoms with van der Waals surface area (Å²) in [6.45, 7) is 11.6. The number of unbranched alkanes of at least 4 members (excludes halogenated alkanes) is 1. The molecule has 0 heterocycles. The molecular weight excluding hydrogens is 458 g/mol. The second-order valence-corrected chi connectivity index (χ2v) is 6.79. The van der Waals surface area contributed by atoms with Crippen LogP contribution in [-0.4, -0.2) is 56.2 Å². The Morgan fingerprint density at radius 3 is 2.52 bits per heavy atom. The normalized spacial score (nSPS) is 12.7. The summed E-state index contributed by atoms with van der Waals surface area (Å²) >= 11 is 0. The number of nitrogens with zero attached hydrogens (tertiary/aromatic N) is 2. The summed E-state index contributed by atoms with van der Waals surface area (Å²) in [5, 5.41) is 6.57. The van der Waals surface area contributed by atoms with E-state index in [9.17, 15) is 4.39 Å². The highest BCUT2D eigenvalue weighted by atomic mass is 127. The van der Waals surface area contributed by atoms with Crippen molar-refractivity contribution in [1.82, 2.24) is 15.5 Å². The van der Waals surface area contributed by atoms with E-state index in [4.69, 9.17) is 4.74 Å². The van der Waals surface area contributed by atoms with Gasteiger partial charge in [0, 0.05) is 19.1 Å². The molecule has 27 heavy (non-hydrogen) atoms. The van der Waals surface area contributed by atoms with Crippen LogP contribution in [0.1, 0.15) is 40.5 Å². The number of nitrogens with one attached hydrogen (secondary N) is 2. The number of hydrogen-bond acceptors (Lipinski definition) is 3. The molecule has 0 bridgehead atoms. The Labute approximate surface area is 181 Å². The predicted octanol–water partition coefficient (Wildman–Crippen LogP) is 3.89. The molecule has 0 aliphatic rings. The first-order chi connectivity index (χ1) is 12.4. The molecule has 0 aromatic heterocycles. The number of rotatable bonds is 11. The molecular formula is C20H36FIN4O. The minimum Gasteiger partial charge on any atom is -0.486 e. The van der Waals surface area contributed by atoms with Gasteiger partial charge in [-0.1, -0.05) is 12.1 Å². The monoisotopic (exact) mass is 494 g/mol. The maximum Gasteiger partial charge on any atom is 0.191 e. The van der Waals surface area contributed by atoms with Gasteiger partial charge in [-0.05, 0) is 66.3 Å². The molecule has 1 aromatic carbocycles. The van der Waals surface area contributed by atoms with Gasteiger partial charge in [0.2, 0.25) is 0 Å². The fourth-order valence-corrected chi connectivity index (χ4v) is 2.31. The minimum atomic E-state index is -0.347. The third-order valence-corrected chi connectivity index (χ3v) is 4.13. The molecule has 1 aromatic rings. The summed E-state index contributed by atoms with van der Waals surface area (Å²) in [6, 6.07) is 7.02. The SMILES string of the molecule is CCNC(=NCC(C)Oc1ccccc1F)NCCCCN(C)C(C)C.I. The average Bonchev–Trinajstić information content (AvgIpc) is 2.61. The van der Waals surface area contributed by atoms with Gasteiger partial charge >= 0.3 is 0 Å². The van der Waals surface area contributed by atoms with Crippen molar-refractivity contribution in [3.05, 3.63) is 30.1 Å². The Bertz CT molecular complexity index is 542. The van der Waals surface area contributed by atoms with E-state index in [1.165, 1.54) is 6.07 Å². The van der Waals surface area contributed by atoms with Crippen LogP contribution in [0.25, 0.3) is 0 Å². The van der Waals surface area contributed by atoms with E-state index >= 15 is 0 Å². The molecule has 0 radical (unpaired) electrons. The lowest BCUT2D eigenvalue weighted by Crippen LogP contribution is -2.38. The summed E-state index contributed by atoms with van der Waals surface area (Å²) in [4.78, 5) is 6.88. The third kappa shape index (κ3) is 11.4. The van der Waals surface area contributed by atoms with Crippen LogP contribution in [0.5, 0.6) is 5.75 Å². The minimum absolute atomic E-state index is 0. The number of guanidine groups is 1. The lowest BCUT2D eigenvalue weighted by atomic mass is 10.2. The van der Waals surface area contributed by atoms with Crippen LogP contribution in [0.3, 0.4) is 0 Å². The van der Waals surface area contributed by atoms with Crippen molar-refractivity contribution in [1.29, 1.82) is 0 Å². The van der Waals surface area contributed by atoms with E-state index in [0.717, 1.165) is 38.4 Å². The van der Waals surface area contributed by atoms with Crippen LogP contribution in [0.15, 0.2) is 29.3 Å². The van der Waals surface area contributed by atoms with Gasteiger partial charge in [0.25, 0.3) is 0 Å². The maximum absolute atomic E-state index is 13.6. The van der Waals surface area contributed by atoms with Crippen molar-refractivity contribution < 1.29 is 9.13 Å². The summed E-state index contributed by atoms with van der Waals surface area (Å²) in [5.74, 6) is 0.691. The van der Waals surface area contributed by atoms with E-state index in [-0.39, 0.29) is 41.6 Å². The molecule has 1 rings (SSSR count). The average molecular weight is 494 g/mol.